The summed E-state index contributed by atoms with van der Waals surface area (Å²) in [4.78, 5) is 2.04. The SMILES string of the molecule is COc1cccc(/C(C#N)=C/c2ccc(N(C)C)cc2)c1. The van der Waals surface area contributed by atoms with E-state index in [1.165, 1.54) is 0 Å². The number of allylic oxidation sites excluding steroid dienone is 1. The van der Waals surface area contributed by atoms with Gasteiger partial charge in [0.1, 0.15) is 5.75 Å². The maximum Gasteiger partial charge on any atom is 0.119 e. The third kappa shape index (κ3) is 3.64. The smallest absolute Gasteiger partial charge is 0.119 e. The third-order valence-corrected chi connectivity index (χ3v) is 3.22. The number of benzene rings is 2. The van der Waals surface area contributed by atoms with E-state index in [1.54, 1.807) is 7.11 Å². The number of rotatable bonds is 4. The molecule has 0 aromatic heterocycles. The molecular weight excluding hydrogens is 260 g/mol. The number of anilines is 1. The fraction of sp³-hybridized carbons (Fsp3) is 0.167. The minimum Gasteiger partial charge on any atom is -0.497 e. The number of ether oxygens (including phenoxy) is 1. The molecule has 3 heteroatoms. The average Bonchev–Trinajstić information content (AvgIpc) is 2.53. The van der Waals surface area contributed by atoms with Crippen molar-refractivity contribution in [2.75, 3.05) is 26.1 Å². The molecule has 0 aliphatic carbocycles. The molecule has 0 fully saturated rings. The lowest BCUT2D eigenvalue weighted by molar-refractivity contribution is 0.414. The fourth-order valence-electron chi connectivity index (χ4n) is 2.01. The molecule has 3 nitrogen and oxygen atoms in total. The molecule has 0 atom stereocenters. The van der Waals surface area contributed by atoms with Gasteiger partial charge in [0.2, 0.25) is 0 Å². The minimum absolute atomic E-state index is 0.617. The molecule has 0 aliphatic rings. The van der Waals surface area contributed by atoms with Crippen molar-refractivity contribution in [3.8, 4) is 11.8 Å². The Kier molecular flexibility index (Phi) is 4.63. The Morgan fingerprint density at radius 2 is 1.86 bits per heavy atom. The lowest BCUT2D eigenvalue weighted by Crippen LogP contribution is -2.07. The van der Waals surface area contributed by atoms with E-state index in [1.807, 2.05) is 73.6 Å². The lowest BCUT2D eigenvalue weighted by Gasteiger charge is -2.12. The van der Waals surface area contributed by atoms with Crippen LogP contribution in [0.15, 0.2) is 48.5 Å². The molecule has 0 heterocycles. The molecule has 2 aromatic rings. The topological polar surface area (TPSA) is 36.3 Å². The number of nitrogens with zero attached hydrogens (tertiary/aromatic N) is 2. The van der Waals surface area contributed by atoms with Crippen molar-refractivity contribution in [3.05, 3.63) is 59.7 Å². The van der Waals surface area contributed by atoms with Crippen molar-refractivity contribution in [3.63, 3.8) is 0 Å². The molecule has 0 aliphatic heterocycles. The van der Waals surface area contributed by atoms with Gasteiger partial charge in [0.05, 0.1) is 18.8 Å². The van der Waals surface area contributed by atoms with Crippen LogP contribution in [0.25, 0.3) is 11.6 Å². The normalized spacial score (nSPS) is 10.9. The molecular formula is C18H18N2O. The summed E-state index contributed by atoms with van der Waals surface area (Å²) in [5.74, 6) is 0.747. The first-order valence-electron chi connectivity index (χ1n) is 6.67. The summed E-state index contributed by atoms with van der Waals surface area (Å²) in [6.45, 7) is 0. The van der Waals surface area contributed by atoms with Crippen LogP contribution in [0.1, 0.15) is 11.1 Å². The molecule has 0 N–H and O–H groups in total. The van der Waals surface area contributed by atoms with Crippen molar-refractivity contribution in [2.45, 2.75) is 0 Å². The van der Waals surface area contributed by atoms with Crippen LogP contribution in [0.2, 0.25) is 0 Å². The Balaban J connectivity index is 2.34. The zero-order valence-electron chi connectivity index (χ0n) is 12.5. The maximum atomic E-state index is 9.38. The molecule has 0 saturated carbocycles. The second kappa shape index (κ2) is 6.62. The first kappa shape index (κ1) is 14.7. The van der Waals surface area contributed by atoms with Gasteiger partial charge in [-0.2, -0.15) is 5.26 Å². The number of nitriles is 1. The van der Waals surface area contributed by atoms with Crippen molar-refractivity contribution in [1.29, 1.82) is 5.26 Å². The molecule has 2 aromatic carbocycles. The first-order chi connectivity index (χ1) is 10.1. The van der Waals surface area contributed by atoms with Crippen molar-refractivity contribution < 1.29 is 4.74 Å². The second-order valence-electron chi connectivity index (χ2n) is 4.89. The summed E-state index contributed by atoms with van der Waals surface area (Å²) in [7, 11) is 5.62. The van der Waals surface area contributed by atoms with Gasteiger partial charge >= 0.3 is 0 Å². The van der Waals surface area contributed by atoms with Gasteiger partial charge in [-0.3, -0.25) is 0 Å². The van der Waals surface area contributed by atoms with Crippen molar-refractivity contribution >= 4 is 17.3 Å². The molecule has 0 radical (unpaired) electrons. The minimum atomic E-state index is 0.617. The largest absolute Gasteiger partial charge is 0.497 e. The van der Waals surface area contributed by atoms with E-state index in [0.29, 0.717) is 5.57 Å². The molecule has 2 rings (SSSR count). The fourth-order valence-corrected chi connectivity index (χ4v) is 2.01. The van der Waals surface area contributed by atoms with Gasteiger partial charge in [0.25, 0.3) is 0 Å². The molecule has 0 amide bonds. The monoisotopic (exact) mass is 278 g/mol. The Labute approximate surface area is 125 Å². The first-order valence-corrected chi connectivity index (χ1v) is 6.67. The van der Waals surface area contributed by atoms with Crippen LogP contribution in [-0.2, 0) is 0 Å². The number of hydrogen-bond donors (Lipinski definition) is 0. The highest BCUT2D eigenvalue weighted by Gasteiger charge is 2.03. The zero-order chi connectivity index (χ0) is 15.2. The predicted molar refractivity (Wildman–Crippen MR) is 87.2 cm³/mol. The van der Waals surface area contributed by atoms with E-state index >= 15 is 0 Å². The van der Waals surface area contributed by atoms with Gasteiger partial charge in [-0.1, -0.05) is 24.3 Å². The standard InChI is InChI=1S/C18H18N2O/c1-20(2)17-9-7-14(8-10-17)11-16(13-19)15-5-4-6-18(12-15)21-3/h4-12H,1-3H3/b16-11+. The van der Waals surface area contributed by atoms with Gasteiger partial charge < -0.3 is 9.64 Å². The van der Waals surface area contributed by atoms with Crippen LogP contribution in [0.3, 0.4) is 0 Å². The van der Waals surface area contributed by atoms with Gasteiger partial charge in [0, 0.05) is 19.8 Å². The third-order valence-electron chi connectivity index (χ3n) is 3.22. The van der Waals surface area contributed by atoms with Crippen LogP contribution in [0.5, 0.6) is 5.75 Å². The van der Waals surface area contributed by atoms with Crippen LogP contribution in [0.4, 0.5) is 5.69 Å². The van der Waals surface area contributed by atoms with Crippen LogP contribution in [-0.4, -0.2) is 21.2 Å². The Bertz CT molecular complexity index is 679. The summed E-state index contributed by atoms with van der Waals surface area (Å²) < 4.78 is 5.20. The second-order valence-corrected chi connectivity index (χ2v) is 4.89. The highest BCUT2D eigenvalue weighted by Crippen LogP contribution is 2.22. The van der Waals surface area contributed by atoms with Crippen LogP contribution >= 0.6 is 0 Å². The van der Waals surface area contributed by atoms with Gasteiger partial charge in [-0.05, 0) is 41.5 Å². The Morgan fingerprint density at radius 1 is 1.14 bits per heavy atom. The molecule has 0 bridgehead atoms. The molecule has 0 spiro atoms. The van der Waals surface area contributed by atoms with Crippen LogP contribution in [0, 0.1) is 11.3 Å². The molecule has 106 valence electrons. The Morgan fingerprint density at radius 3 is 2.43 bits per heavy atom. The number of hydrogen-bond acceptors (Lipinski definition) is 3. The lowest BCUT2D eigenvalue weighted by atomic mass is 10.0. The van der Waals surface area contributed by atoms with Gasteiger partial charge in [0.15, 0.2) is 0 Å². The van der Waals surface area contributed by atoms with Gasteiger partial charge in [-0.15, -0.1) is 0 Å². The van der Waals surface area contributed by atoms with Crippen LogP contribution < -0.4 is 9.64 Å². The van der Waals surface area contributed by atoms with E-state index in [4.69, 9.17) is 4.74 Å². The Hall–Kier alpha value is -2.73. The highest BCUT2D eigenvalue weighted by atomic mass is 16.5. The highest BCUT2D eigenvalue weighted by molar-refractivity contribution is 5.90. The zero-order valence-corrected chi connectivity index (χ0v) is 12.5. The molecule has 0 saturated heterocycles. The van der Waals surface area contributed by atoms with E-state index < -0.39 is 0 Å². The summed E-state index contributed by atoms with van der Waals surface area (Å²) >= 11 is 0. The molecule has 0 unspecified atom stereocenters. The summed E-state index contributed by atoms with van der Waals surface area (Å²) in [6.07, 6.45) is 1.88. The summed E-state index contributed by atoms with van der Waals surface area (Å²) in [5, 5.41) is 9.38. The van der Waals surface area contributed by atoms with Crippen molar-refractivity contribution in [1.82, 2.24) is 0 Å². The molecule has 21 heavy (non-hydrogen) atoms. The van der Waals surface area contributed by atoms with E-state index in [0.717, 1.165) is 22.6 Å². The quantitative estimate of drug-likeness (QED) is 0.630. The predicted octanol–water partition coefficient (Wildman–Crippen LogP) is 3.83. The number of methoxy groups -OCH3 is 1. The van der Waals surface area contributed by atoms with E-state index in [9.17, 15) is 5.26 Å². The van der Waals surface area contributed by atoms with Crippen molar-refractivity contribution in [2.24, 2.45) is 0 Å². The average molecular weight is 278 g/mol. The van der Waals surface area contributed by atoms with Gasteiger partial charge in [-0.25, -0.2) is 0 Å². The summed E-state index contributed by atoms with van der Waals surface area (Å²) in [5.41, 5.74) is 3.60. The van der Waals surface area contributed by atoms with E-state index in [2.05, 4.69) is 6.07 Å². The maximum absolute atomic E-state index is 9.38. The summed E-state index contributed by atoms with van der Waals surface area (Å²) in [6, 6.07) is 17.9. The van der Waals surface area contributed by atoms with E-state index in [-0.39, 0.29) is 0 Å².